The smallest absolute Gasteiger partial charge is 0.408 e. The molecule has 3 aromatic heterocycles. The molecule has 2 saturated carbocycles. The van der Waals surface area contributed by atoms with Crippen LogP contribution in [0, 0.1) is 12.8 Å². The summed E-state index contributed by atoms with van der Waals surface area (Å²) >= 11 is 1.44. The fourth-order valence-corrected chi connectivity index (χ4v) is 8.42. The quantitative estimate of drug-likeness (QED) is 0.276. The maximum atomic E-state index is 14.5. The van der Waals surface area contributed by atoms with Gasteiger partial charge in [-0.15, -0.1) is 11.3 Å². The zero-order valence-electron chi connectivity index (χ0n) is 29.3. The Bertz CT molecular complexity index is 1830. The Kier molecular flexibility index (Phi) is 9.99. The van der Waals surface area contributed by atoms with Crippen molar-refractivity contribution in [2.24, 2.45) is 13.0 Å². The van der Waals surface area contributed by atoms with Gasteiger partial charge in [-0.2, -0.15) is 10.1 Å². The molecule has 15 heteroatoms. The normalized spacial score (nSPS) is 27.2. The van der Waals surface area contributed by atoms with Crippen LogP contribution >= 0.6 is 11.3 Å². The highest BCUT2D eigenvalue weighted by atomic mass is 32.1. The van der Waals surface area contributed by atoms with E-state index >= 15 is 0 Å². The molecule has 14 nitrogen and oxygen atoms in total. The minimum atomic E-state index is -1.20. The number of thiophene rings is 1. The first-order valence-electron chi connectivity index (χ1n) is 17.9. The Morgan fingerprint density at radius 3 is 2.65 bits per heavy atom. The second kappa shape index (κ2) is 14.6. The number of allylic oxidation sites excluding steroid dienone is 1. The van der Waals surface area contributed by atoms with E-state index in [0.717, 1.165) is 61.0 Å². The van der Waals surface area contributed by atoms with E-state index < -0.39 is 47.6 Å². The molecule has 4 aliphatic rings. The second-order valence-corrected chi connectivity index (χ2v) is 15.0. The summed E-state index contributed by atoms with van der Waals surface area (Å²) in [4.78, 5) is 65.9. The molecule has 0 radical (unpaired) electrons. The number of carbonyl (C=O) groups is 4. The van der Waals surface area contributed by atoms with Crippen LogP contribution in [0.2, 0.25) is 0 Å². The number of fused-ring (bicyclic) bond motifs is 3. The van der Waals surface area contributed by atoms with Gasteiger partial charge >= 0.3 is 12.1 Å². The number of esters is 1. The molecule has 0 aromatic carbocycles. The number of amides is 3. The molecular formula is C36H45N7O7S. The van der Waals surface area contributed by atoms with E-state index in [0.29, 0.717) is 36.5 Å². The second-order valence-electron chi connectivity index (χ2n) is 14.1. The summed E-state index contributed by atoms with van der Waals surface area (Å²) in [6.45, 7) is 1.96. The predicted molar refractivity (Wildman–Crippen MR) is 188 cm³/mol. The van der Waals surface area contributed by atoms with Crippen LogP contribution in [-0.2, 0) is 30.9 Å². The van der Waals surface area contributed by atoms with Gasteiger partial charge in [-0.1, -0.05) is 25.0 Å². The van der Waals surface area contributed by atoms with Crippen LogP contribution < -0.4 is 15.4 Å². The van der Waals surface area contributed by atoms with Crippen molar-refractivity contribution in [2.45, 2.75) is 107 Å². The minimum absolute atomic E-state index is 0.0678. The minimum Gasteiger partial charge on any atom is -0.471 e. The Morgan fingerprint density at radius 2 is 1.88 bits per heavy atom. The number of aryl methyl sites for hydroxylation is 2. The van der Waals surface area contributed by atoms with Gasteiger partial charge in [0.25, 0.3) is 0 Å². The number of rotatable bonds is 6. The molecule has 1 saturated heterocycles. The zero-order valence-corrected chi connectivity index (χ0v) is 30.1. The highest BCUT2D eigenvalue weighted by Gasteiger charge is 2.62. The van der Waals surface area contributed by atoms with Crippen LogP contribution in [0.4, 0.5) is 4.79 Å². The zero-order chi connectivity index (χ0) is 35.7. The predicted octanol–water partition coefficient (Wildman–Crippen LogP) is 4.35. The SMILES string of the molecule is COC(=O)[C@@]12C[C@H]1C=CCCCCC[C@H](NC(=O)OC1CCCC1)C(=O)N1C[C@H](Oc3nc(-c4cc(C)nn4C)nc4ccsc34)C[C@H]1C(=O)N2. The maximum absolute atomic E-state index is 14.5. The van der Waals surface area contributed by atoms with Crippen molar-refractivity contribution in [1.29, 1.82) is 0 Å². The summed E-state index contributed by atoms with van der Waals surface area (Å²) in [7, 11) is 3.13. The van der Waals surface area contributed by atoms with Gasteiger partial charge in [-0.3, -0.25) is 14.3 Å². The third kappa shape index (κ3) is 7.30. The number of nitrogens with one attached hydrogen (secondary N) is 2. The summed E-state index contributed by atoms with van der Waals surface area (Å²) in [5.41, 5.74) is 1.05. The van der Waals surface area contributed by atoms with Gasteiger partial charge in [0.15, 0.2) is 5.82 Å². The van der Waals surface area contributed by atoms with E-state index in [1.54, 1.807) is 4.68 Å². The van der Waals surface area contributed by atoms with Crippen LogP contribution in [0.5, 0.6) is 5.88 Å². The van der Waals surface area contributed by atoms with E-state index in [4.69, 9.17) is 24.2 Å². The molecule has 7 rings (SSSR count). The average molecular weight is 720 g/mol. The summed E-state index contributed by atoms with van der Waals surface area (Å²) in [5.74, 6) is -0.818. The van der Waals surface area contributed by atoms with Crippen LogP contribution in [-0.4, -0.2) is 92.0 Å². The number of methoxy groups -OCH3 is 1. The first kappa shape index (κ1) is 34.9. The van der Waals surface area contributed by atoms with Crippen LogP contribution in [0.25, 0.3) is 21.7 Å². The largest absolute Gasteiger partial charge is 0.471 e. The highest BCUT2D eigenvalue weighted by Crippen LogP contribution is 2.46. The van der Waals surface area contributed by atoms with Gasteiger partial charge in [0.05, 0.1) is 24.9 Å². The number of hydrogen-bond donors (Lipinski definition) is 2. The lowest BCUT2D eigenvalue weighted by molar-refractivity contribution is -0.148. The van der Waals surface area contributed by atoms with E-state index in [9.17, 15) is 19.2 Å². The van der Waals surface area contributed by atoms with Crippen LogP contribution in [0.15, 0.2) is 29.7 Å². The number of alkyl carbamates (subject to hydrolysis) is 1. The lowest BCUT2D eigenvalue weighted by atomic mass is 10.0. The van der Waals surface area contributed by atoms with Gasteiger partial charge in [0, 0.05) is 19.4 Å². The Hall–Kier alpha value is -4.53. The third-order valence-corrected chi connectivity index (χ3v) is 11.3. The summed E-state index contributed by atoms with van der Waals surface area (Å²) in [5, 5.41) is 12.2. The third-order valence-electron chi connectivity index (χ3n) is 10.4. The van der Waals surface area contributed by atoms with Gasteiger partial charge in [-0.25, -0.2) is 14.6 Å². The van der Waals surface area contributed by atoms with Crippen molar-refractivity contribution in [3.05, 3.63) is 35.4 Å². The molecule has 3 fully saturated rings. The molecule has 2 aliphatic carbocycles. The molecule has 0 spiro atoms. The summed E-state index contributed by atoms with van der Waals surface area (Å²) in [6.07, 6.45) is 10.4. The number of hydrogen-bond acceptors (Lipinski definition) is 11. The summed E-state index contributed by atoms with van der Waals surface area (Å²) < 4.78 is 19.8. The van der Waals surface area contributed by atoms with Gasteiger partial charge in [-0.05, 0) is 75.8 Å². The topological polar surface area (TPSA) is 167 Å². The molecule has 3 aromatic rings. The van der Waals surface area contributed by atoms with Crippen molar-refractivity contribution in [2.75, 3.05) is 13.7 Å². The van der Waals surface area contributed by atoms with E-state index in [-0.39, 0.29) is 25.0 Å². The fraction of sp³-hybridized carbons (Fsp3) is 0.583. The summed E-state index contributed by atoms with van der Waals surface area (Å²) in [6, 6.07) is 1.91. The van der Waals surface area contributed by atoms with E-state index in [2.05, 4.69) is 15.7 Å². The molecule has 5 atom stereocenters. The molecule has 0 bridgehead atoms. The van der Waals surface area contributed by atoms with Gasteiger partial charge < -0.3 is 29.7 Å². The maximum Gasteiger partial charge on any atom is 0.408 e. The Morgan fingerprint density at radius 1 is 1.08 bits per heavy atom. The van der Waals surface area contributed by atoms with E-state index in [1.165, 1.54) is 23.3 Å². The van der Waals surface area contributed by atoms with Crippen molar-refractivity contribution >= 4 is 45.4 Å². The standard InChI is InChI=1S/C36H45N7O7S/c1-21-17-27(42(2)41-21)30-37-25-15-16-51-29(25)32(39-30)49-24-18-28-31(44)40-36(34(46)48-3)19-22(36)11-7-5-4-6-8-14-26(33(45)43(28)20-24)38-35(47)50-23-12-9-10-13-23/h7,11,15-17,22-24,26,28H,4-6,8-10,12-14,18-20H2,1-3H3,(H,38,47)(H,40,44)/t22-,24-,26+,28+,36-/m1/s1. The first-order valence-corrected chi connectivity index (χ1v) is 18.8. The molecule has 5 heterocycles. The lowest BCUT2D eigenvalue weighted by Crippen LogP contribution is -2.56. The van der Waals surface area contributed by atoms with E-state index in [1.807, 2.05) is 43.6 Å². The number of nitrogens with zero attached hydrogens (tertiary/aromatic N) is 5. The van der Waals surface area contributed by atoms with Crippen molar-refractivity contribution in [3.63, 3.8) is 0 Å². The van der Waals surface area contributed by atoms with Crippen molar-refractivity contribution in [3.8, 4) is 17.4 Å². The molecule has 3 amide bonds. The van der Waals surface area contributed by atoms with Crippen molar-refractivity contribution in [1.82, 2.24) is 35.3 Å². The molecule has 2 N–H and O–H groups in total. The monoisotopic (exact) mass is 719 g/mol. The van der Waals surface area contributed by atoms with Gasteiger partial charge in [0.2, 0.25) is 17.7 Å². The lowest BCUT2D eigenvalue weighted by Gasteiger charge is -2.29. The average Bonchev–Trinajstić information content (AvgIpc) is 3.68. The number of aromatic nitrogens is 4. The van der Waals surface area contributed by atoms with Crippen molar-refractivity contribution < 1.29 is 33.4 Å². The molecule has 2 aliphatic heterocycles. The molecule has 272 valence electrons. The molecule has 0 unspecified atom stereocenters. The number of carbonyl (C=O) groups excluding carboxylic acids is 4. The van der Waals surface area contributed by atoms with Crippen LogP contribution in [0.1, 0.15) is 76.3 Å². The highest BCUT2D eigenvalue weighted by molar-refractivity contribution is 7.17. The fourth-order valence-electron chi connectivity index (χ4n) is 7.66. The Balaban J connectivity index is 1.19. The molecular weight excluding hydrogens is 675 g/mol. The van der Waals surface area contributed by atoms with Gasteiger partial charge in [0.1, 0.15) is 40.2 Å². The first-order chi connectivity index (χ1) is 24.6. The number of ether oxygens (including phenoxy) is 3. The van der Waals surface area contributed by atoms with Crippen LogP contribution in [0.3, 0.4) is 0 Å². The molecule has 51 heavy (non-hydrogen) atoms. The Labute approximate surface area is 300 Å².